The van der Waals surface area contributed by atoms with E-state index in [2.05, 4.69) is 0 Å². The molecule has 2 atom stereocenters. The Morgan fingerprint density at radius 3 is 2.06 bits per heavy atom. The summed E-state index contributed by atoms with van der Waals surface area (Å²) in [5.74, 6) is -3.91. The molecule has 0 aliphatic carbocycles. The fourth-order valence-electron chi connectivity index (χ4n) is 1.12. The Morgan fingerprint density at radius 2 is 1.78 bits per heavy atom. The second kappa shape index (κ2) is 5.55. The summed E-state index contributed by atoms with van der Waals surface area (Å²) in [4.78, 5) is 22.1. The fraction of sp³-hybridized carbons (Fsp3) is 0.800. The molecule has 0 aromatic carbocycles. The highest BCUT2D eigenvalue weighted by Gasteiger charge is 2.53. The van der Waals surface area contributed by atoms with Gasteiger partial charge in [0, 0.05) is 6.54 Å². The van der Waals surface area contributed by atoms with Crippen LogP contribution in [0.2, 0.25) is 0 Å². The van der Waals surface area contributed by atoms with Crippen molar-refractivity contribution in [3.63, 3.8) is 0 Å². The van der Waals surface area contributed by atoms with Gasteiger partial charge in [-0.05, 0) is 12.8 Å². The van der Waals surface area contributed by atoms with E-state index in [1.807, 2.05) is 5.32 Å². The number of aliphatic carboxylic acids is 1. The van der Waals surface area contributed by atoms with Gasteiger partial charge in [0.1, 0.15) is 0 Å². The van der Waals surface area contributed by atoms with Crippen LogP contribution in [0, 0.1) is 11.8 Å². The van der Waals surface area contributed by atoms with Crippen molar-refractivity contribution in [2.24, 2.45) is 17.6 Å². The van der Waals surface area contributed by atoms with Crippen LogP contribution in [-0.2, 0) is 9.59 Å². The van der Waals surface area contributed by atoms with Crippen molar-refractivity contribution in [3.05, 3.63) is 0 Å². The fourth-order valence-corrected chi connectivity index (χ4v) is 1.12. The monoisotopic (exact) mass is 270 g/mol. The topological polar surface area (TPSA) is 92.4 Å². The number of amides is 1. The van der Waals surface area contributed by atoms with Gasteiger partial charge in [0.2, 0.25) is 5.91 Å². The molecule has 0 radical (unpaired) electrons. The van der Waals surface area contributed by atoms with Crippen LogP contribution in [0.15, 0.2) is 0 Å². The number of halogens is 3. The first kappa shape index (κ1) is 16.7. The minimum absolute atomic E-state index is 0.322. The molecule has 0 rings (SSSR count). The molecule has 0 fully saturated rings. The first-order valence-electron chi connectivity index (χ1n) is 5.28. The molecule has 4 N–H and O–H groups in total. The predicted octanol–water partition coefficient (Wildman–Crippen LogP) is 0.739. The van der Waals surface area contributed by atoms with Gasteiger partial charge >= 0.3 is 12.1 Å². The molecule has 106 valence electrons. The maximum absolute atomic E-state index is 12.4. The number of carboxylic acid groups (broad SMARTS) is 1. The molecule has 1 amide bonds. The van der Waals surface area contributed by atoms with Gasteiger partial charge in [-0.3, -0.25) is 9.59 Å². The summed E-state index contributed by atoms with van der Waals surface area (Å²) in [6.07, 6.45) is -4.90. The molecule has 0 heterocycles. The number of carbonyl (C=O) groups is 2. The van der Waals surface area contributed by atoms with Gasteiger partial charge in [-0.1, -0.05) is 13.8 Å². The van der Waals surface area contributed by atoms with Crippen LogP contribution in [0.5, 0.6) is 0 Å². The molecule has 0 aromatic rings. The highest BCUT2D eigenvalue weighted by molar-refractivity contribution is 5.87. The predicted molar refractivity (Wildman–Crippen MR) is 57.6 cm³/mol. The number of rotatable bonds is 5. The number of nitrogens with two attached hydrogens (primary N) is 1. The van der Waals surface area contributed by atoms with Gasteiger partial charge < -0.3 is 16.2 Å². The van der Waals surface area contributed by atoms with Crippen LogP contribution in [-0.4, -0.2) is 35.2 Å². The van der Waals surface area contributed by atoms with Crippen LogP contribution in [0.25, 0.3) is 0 Å². The Kier molecular flexibility index (Phi) is 5.15. The summed E-state index contributed by atoms with van der Waals surface area (Å²) in [6.45, 7) is 3.33. The summed E-state index contributed by atoms with van der Waals surface area (Å²) in [6, 6.07) is 0. The van der Waals surface area contributed by atoms with Crippen molar-refractivity contribution in [3.8, 4) is 0 Å². The third-order valence-corrected chi connectivity index (χ3v) is 2.67. The Balaban J connectivity index is 4.65. The van der Waals surface area contributed by atoms with Crippen LogP contribution in [0.4, 0.5) is 13.2 Å². The first-order valence-corrected chi connectivity index (χ1v) is 5.28. The Morgan fingerprint density at radius 1 is 1.33 bits per heavy atom. The third-order valence-electron chi connectivity index (χ3n) is 2.67. The molecular formula is C10H17F3N2O3. The largest absolute Gasteiger partial charge is 0.481 e. The minimum Gasteiger partial charge on any atom is -0.481 e. The van der Waals surface area contributed by atoms with E-state index in [9.17, 15) is 22.8 Å². The van der Waals surface area contributed by atoms with Crippen molar-refractivity contribution in [2.75, 3.05) is 6.54 Å². The lowest BCUT2D eigenvalue weighted by atomic mass is 9.95. The second-order valence-corrected chi connectivity index (χ2v) is 4.60. The number of hydrogen-bond donors (Lipinski definition) is 3. The highest BCUT2D eigenvalue weighted by Crippen LogP contribution is 2.28. The second-order valence-electron chi connectivity index (χ2n) is 4.60. The zero-order chi connectivity index (χ0) is 14.7. The molecule has 0 saturated carbocycles. The van der Waals surface area contributed by atoms with E-state index >= 15 is 0 Å². The van der Waals surface area contributed by atoms with Gasteiger partial charge in [0.25, 0.3) is 0 Å². The standard InChI is InChI=1S/C10H17F3N2O3/c1-5(2)6(7(16)17)4-15-8(18)9(3,14)10(11,12)13/h5-6H,4,14H2,1-3H3,(H,15,18)(H,16,17). The lowest BCUT2D eigenvalue weighted by Crippen LogP contribution is -2.62. The summed E-state index contributed by atoms with van der Waals surface area (Å²) >= 11 is 0. The zero-order valence-corrected chi connectivity index (χ0v) is 10.3. The maximum Gasteiger partial charge on any atom is 0.415 e. The van der Waals surface area contributed by atoms with Crippen molar-refractivity contribution in [1.82, 2.24) is 5.32 Å². The van der Waals surface area contributed by atoms with Crippen LogP contribution >= 0.6 is 0 Å². The third kappa shape index (κ3) is 3.86. The summed E-state index contributed by atoms with van der Waals surface area (Å²) in [5.41, 5.74) is 1.86. The first-order chi connectivity index (χ1) is 7.91. The molecule has 0 bridgehead atoms. The Bertz CT molecular complexity index is 327. The van der Waals surface area contributed by atoms with Gasteiger partial charge in [-0.25, -0.2) is 0 Å². The van der Waals surface area contributed by atoms with Gasteiger partial charge in [0.15, 0.2) is 5.54 Å². The molecule has 2 unspecified atom stereocenters. The lowest BCUT2D eigenvalue weighted by molar-refractivity contribution is -0.187. The molecule has 0 saturated heterocycles. The van der Waals surface area contributed by atoms with Gasteiger partial charge in [-0.15, -0.1) is 0 Å². The molecule has 18 heavy (non-hydrogen) atoms. The SMILES string of the molecule is CC(C)C(CNC(=O)C(C)(N)C(F)(F)F)C(=O)O. The quantitative estimate of drug-likeness (QED) is 0.687. The molecule has 0 aliphatic heterocycles. The average molecular weight is 270 g/mol. The molecular weight excluding hydrogens is 253 g/mol. The Hall–Kier alpha value is -1.31. The van der Waals surface area contributed by atoms with E-state index in [-0.39, 0.29) is 5.92 Å². The number of carbonyl (C=O) groups excluding carboxylic acids is 1. The molecule has 0 aliphatic rings. The van der Waals surface area contributed by atoms with E-state index < -0.39 is 36.1 Å². The minimum atomic E-state index is -4.90. The number of nitrogens with one attached hydrogen (secondary N) is 1. The van der Waals surface area contributed by atoms with E-state index in [0.29, 0.717) is 6.92 Å². The van der Waals surface area contributed by atoms with Crippen LogP contribution < -0.4 is 11.1 Å². The van der Waals surface area contributed by atoms with E-state index in [0.717, 1.165) is 0 Å². The van der Waals surface area contributed by atoms with Crippen LogP contribution in [0.1, 0.15) is 20.8 Å². The summed E-state index contributed by atoms with van der Waals surface area (Å²) in [5, 5.41) is 10.7. The van der Waals surface area contributed by atoms with Gasteiger partial charge in [0.05, 0.1) is 5.92 Å². The highest BCUT2D eigenvalue weighted by atomic mass is 19.4. The molecule has 8 heteroatoms. The van der Waals surface area contributed by atoms with Gasteiger partial charge in [-0.2, -0.15) is 13.2 Å². The average Bonchev–Trinajstić information content (AvgIpc) is 2.14. The Labute approximate surface area is 103 Å². The number of alkyl halides is 3. The van der Waals surface area contributed by atoms with E-state index in [4.69, 9.17) is 10.8 Å². The normalized spacial score (nSPS) is 17.1. The number of carboxylic acids is 1. The van der Waals surface area contributed by atoms with Crippen LogP contribution in [0.3, 0.4) is 0 Å². The molecule has 0 aromatic heterocycles. The van der Waals surface area contributed by atoms with Crippen molar-refractivity contribution in [1.29, 1.82) is 0 Å². The van der Waals surface area contributed by atoms with Crippen molar-refractivity contribution >= 4 is 11.9 Å². The van der Waals surface area contributed by atoms with E-state index in [1.54, 1.807) is 13.8 Å². The smallest absolute Gasteiger partial charge is 0.415 e. The van der Waals surface area contributed by atoms with Crippen molar-refractivity contribution in [2.45, 2.75) is 32.5 Å². The summed E-state index contributed by atoms with van der Waals surface area (Å²) in [7, 11) is 0. The van der Waals surface area contributed by atoms with Crippen molar-refractivity contribution < 1.29 is 27.9 Å². The molecule has 5 nitrogen and oxygen atoms in total. The lowest BCUT2D eigenvalue weighted by Gasteiger charge is -2.27. The van der Waals surface area contributed by atoms with E-state index in [1.165, 1.54) is 0 Å². The number of hydrogen-bond acceptors (Lipinski definition) is 3. The summed E-state index contributed by atoms with van der Waals surface area (Å²) < 4.78 is 37.3. The zero-order valence-electron chi connectivity index (χ0n) is 10.3. The molecule has 0 spiro atoms. The maximum atomic E-state index is 12.4.